The third kappa shape index (κ3) is 13.4. The monoisotopic (exact) mass is 629 g/mol. The van der Waals surface area contributed by atoms with Crippen LogP contribution in [-0.2, 0) is 31.0 Å². The highest BCUT2D eigenvalue weighted by atomic mass is 79.9. The number of halogens is 1. The van der Waals surface area contributed by atoms with Gasteiger partial charge in [0, 0.05) is 51.9 Å². The molecule has 9 nitrogen and oxygen atoms in total. The molecule has 0 bridgehead atoms. The second-order valence-corrected chi connectivity index (χ2v) is 12.4. The summed E-state index contributed by atoms with van der Waals surface area (Å²) in [6.07, 6.45) is 10.2. The topological polar surface area (TPSA) is 107 Å². The van der Waals surface area contributed by atoms with Crippen LogP contribution in [0.3, 0.4) is 0 Å². The first-order chi connectivity index (χ1) is 19.0. The molecule has 0 aliphatic carbocycles. The normalized spacial score (nSPS) is 16.1. The second-order valence-electron chi connectivity index (χ2n) is 11.8. The fourth-order valence-corrected chi connectivity index (χ4v) is 4.53. The third-order valence-corrected chi connectivity index (χ3v) is 8.90. The first-order valence-corrected chi connectivity index (χ1v) is 16.3. The van der Waals surface area contributed by atoms with Gasteiger partial charge in [-0.2, -0.15) is 0 Å². The van der Waals surface area contributed by atoms with Gasteiger partial charge in [0.1, 0.15) is 0 Å². The number of ether oxygens (including phenoxy) is 2. The van der Waals surface area contributed by atoms with Crippen molar-refractivity contribution < 1.29 is 19.1 Å². The maximum atomic E-state index is 12.7. The van der Waals surface area contributed by atoms with Gasteiger partial charge in [-0.3, -0.25) is 9.59 Å². The molecule has 232 valence electrons. The molecule has 40 heavy (non-hydrogen) atoms. The van der Waals surface area contributed by atoms with E-state index in [4.69, 9.17) is 9.47 Å². The molecule has 0 saturated heterocycles. The van der Waals surface area contributed by atoms with E-state index in [9.17, 15) is 9.59 Å². The van der Waals surface area contributed by atoms with E-state index in [1.54, 1.807) is 0 Å². The molecule has 0 spiro atoms. The van der Waals surface area contributed by atoms with Gasteiger partial charge >= 0.3 is 0 Å². The number of nitrogens with zero attached hydrogens (tertiary/aromatic N) is 3. The first kappa shape index (κ1) is 36.5. The molecule has 0 fully saturated rings. The van der Waals surface area contributed by atoms with Crippen LogP contribution < -0.4 is 10.6 Å². The Morgan fingerprint density at radius 1 is 0.950 bits per heavy atom. The van der Waals surface area contributed by atoms with Crippen molar-refractivity contribution in [2.24, 2.45) is 5.41 Å². The van der Waals surface area contributed by atoms with Crippen LogP contribution >= 0.6 is 15.9 Å². The molecule has 0 radical (unpaired) electrons. The first-order valence-electron chi connectivity index (χ1n) is 15.2. The molecule has 2 amide bonds. The summed E-state index contributed by atoms with van der Waals surface area (Å²) in [6.45, 7) is 18.5. The summed E-state index contributed by atoms with van der Waals surface area (Å²) in [4.78, 5) is 24.1. The van der Waals surface area contributed by atoms with Gasteiger partial charge in [0.2, 0.25) is 11.8 Å². The average Bonchev–Trinajstić information content (AvgIpc) is 3.45. The van der Waals surface area contributed by atoms with E-state index < -0.39 is 0 Å². The number of nitrogens with one attached hydrogen (secondary N) is 2. The Bertz CT molecular complexity index is 869. The highest BCUT2D eigenvalue weighted by molar-refractivity contribution is 9.09. The lowest BCUT2D eigenvalue weighted by atomic mass is 9.84. The Morgan fingerprint density at radius 3 is 2.33 bits per heavy atom. The van der Waals surface area contributed by atoms with E-state index in [-0.39, 0.29) is 28.4 Å². The van der Waals surface area contributed by atoms with Crippen molar-refractivity contribution in [3.05, 3.63) is 11.9 Å². The zero-order valence-corrected chi connectivity index (χ0v) is 27.8. The van der Waals surface area contributed by atoms with Crippen molar-refractivity contribution in [3.8, 4) is 0 Å². The number of aromatic nitrogens is 3. The summed E-state index contributed by atoms with van der Waals surface area (Å²) >= 11 is 3.17. The Morgan fingerprint density at radius 2 is 1.70 bits per heavy atom. The molecule has 0 aliphatic rings. The fraction of sp³-hybridized carbons (Fsp3) is 0.867. The van der Waals surface area contributed by atoms with Crippen LogP contribution in [0.15, 0.2) is 6.20 Å². The third-order valence-electron chi connectivity index (χ3n) is 8.39. The average molecular weight is 631 g/mol. The van der Waals surface area contributed by atoms with E-state index in [0.29, 0.717) is 44.5 Å². The second kappa shape index (κ2) is 18.8. The summed E-state index contributed by atoms with van der Waals surface area (Å²) in [5.41, 5.74) is 0.426. The molecule has 2 N–H and O–H groups in total. The number of alkyl halides is 1. The van der Waals surface area contributed by atoms with E-state index >= 15 is 0 Å². The predicted molar refractivity (Wildman–Crippen MR) is 165 cm³/mol. The largest absolute Gasteiger partial charge is 0.381 e. The Hall–Kier alpha value is -1.52. The standard InChI is InChI=1S/C30H56BrN5O4/c1-8-19-39-20-17-29(6,10-3)36-23-25(34-35-36)13-14-26(37)33-24-28(5,9-2)16-21-40-30(7,11-4)15-12-18-32-27(38)22-31/h23H,8-22,24H2,1-7H3,(H,32,38)(H,33,37). The minimum absolute atomic E-state index is 0.00870. The summed E-state index contributed by atoms with van der Waals surface area (Å²) < 4.78 is 14.0. The number of aryl methyl sites for hydroxylation is 1. The van der Waals surface area contributed by atoms with Crippen molar-refractivity contribution in [2.45, 2.75) is 124 Å². The quantitative estimate of drug-likeness (QED) is 0.121. The van der Waals surface area contributed by atoms with Crippen molar-refractivity contribution in [3.63, 3.8) is 0 Å². The maximum absolute atomic E-state index is 12.7. The smallest absolute Gasteiger partial charge is 0.230 e. The molecule has 1 rings (SSSR count). The van der Waals surface area contributed by atoms with Crippen molar-refractivity contribution in [2.75, 3.05) is 38.2 Å². The van der Waals surface area contributed by atoms with Gasteiger partial charge < -0.3 is 20.1 Å². The van der Waals surface area contributed by atoms with Gasteiger partial charge in [-0.05, 0) is 70.6 Å². The van der Waals surface area contributed by atoms with E-state index in [1.165, 1.54) is 0 Å². The molecular weight excluding hydrogens is 574 g/mol. The lowest BCUT2D eigenvalue weighted by Gasteiger charge is -2.33. The van der Waals surface area contributed by atoms with Gasteiger partial charge in [0.15, 0.2) is 0 Å². The zero-order valence-electron chi connectivity index (χ0n) is 26.2. The van der Waals surface area contributed by atoms with Crippen LogP contribution in [0.4, 0.5) is 0 Å². The summed E-state index contributed by atoms with van der Waals surface area (Å²) in [7, 11) is 0. The van der Waals surface area contributed by atoms with Gasteiger partial charge in [-0.1, -0.05) is 55.8 Å². The molecule has 1 heterocycles. The minimum Gasteiger partial charge on any atom is -0.381 e. The summed E-state index contributed by atoms with van der Waals surface area (Å²) in [5, 5.41) is 15.1. The number of hydrogen-bond acceptors (Lipinski definition) is 6. The molecule has 0 aliphatic heterocycles. The summed E-state index contributed by atoms with van der Waals surface area (Å²) in [6, 6.07) is 0. The van der Waals surface area contributed by atoms with Crippen LogP contribution in [0, 0.1) is 5.41 Å². The molecule has 1 aromatic rings. The van der Waals surface area contributed by atoms with Crippen LogP contribution in [0.1, 0.15) is 112 Å². The van der Waals surface area contributed by atoms with Gasteiger partial charge in [-0.15, -0.1) is 5.10 Å². The van der Waals surface area contributed by atoms with Crippen LogP contribution in [0.2, 0.25) is 0 Å². The number of amides is 2. The minimum atomic E-state index is -0.217. The fourth-order valence-electron chi connectivity index (χ4n) is 4.33. The SMILES string of the molecule is CCCOCCC(C)(CC)n1cc(CCC(=O)NCC(C)(CC)CCOC(C)(CC)CCCNC(=O)CBr)nn1. The zero-order chi connectivity index (χ0) is 30.1. The van der Waals surface area contributed by atoms with Gasteiger partial charge in [0.25, 0.3) is 0 Å². The maximum Gasteiger partial charge on any atom is 0.230 e. The molecule has 3 atom stereocenters. The highest BCUT2D eigenvalue weighted by Gasteiger charge is 2.28. The van der Waals surface area contributed by atoms with Crippen molar-refractivity contribution in [1.29, 1.82) is 0 Å². The Labute approximate surface area is 251 Å². The molecule has 1 aromatic heterocycles. The Balaban J connectivity index is 2.48. The van der Waals surface area contributed by atoms with Gasteiger partial charge in [-0.25, -0.2) is 4.68 Å². The predicted octanol–water partition coefficient (Wildman–Crippen LogP) is 5.55. The van der Waals surface area contributed by atoms with E-state index in [0.717, 1.165) is 63.7 Å². The Kier molecular flexibility index (Phi) is 17.2. The van der Waals surface area contributed by atoms with Gasteiger partial charge in [0.05, 0.1) is 22.2 Å². The van der Waals surface area contributed by atoms with Crippen molar-refractivity contribution in [1.82, 2.24) is 25.6 Å². The number of rotatable bonds is 23. The lowest BCUT2D eigenvalue weighted by molar-refractivity contribution is -0.121. The molecule has 0 saturated carbocycles. The number of carbonyl (C=O) groups excluding carboxylic acids is 2. The van der Waals surface area contributed by atoms with Crippen LogP contribution in [0.25, 0.3) is 0 Å². The lowest BCUT2D eigenvalue weighted by Crippen LogP contribution is -2.37. The molecule has 10 heteroatoms. The molecular formula is C30H56BrN5O4. The number of hydrogen-bond donors (Lipinski definition) is 2. The van der Waals surface area contributed by atoms with Crippen molar-refractivity contribution >= 4 is 27.7 Å². The molecule has 3 unspecified atom stereocenters. The summed E-state index contributed by atoms with van der Waals surface area (Å²) in [5.74, 6) is 0.0414. The number of carbonyl (C=O) groups is 2. The van der Waals surface area contributed by atoms with Crippen LogP contribution in [-0.4, -0.2) is 70.6 Å². The van der Waals surface area contributed by atoms with E-state index in [2.05, 4.69) is 85.3 Å². The highest BCUT2D eigenvalue weighted by Crippen LogP contribution is 2.28. The van der Waals surface area contributed by atoms with E-state index in [1.807, 2.05) is 10.9 Å². The molecule has 0 aromatic carbocycles. The van der Waals surface area contributed by atoms with Crippen LogP contribution in [0.5, 0.6) is 0 Å².